The van der Waals surface area contributed by atoms with Crippen LogP contribution in [0.25, 0.3) is 22.1 Å². The Labute approximate surface area is 152 Å². The standard InChI is InChI=1S/C12H13N5O.C7H13N/c1-3-17-7(5-18)4-8-10-9(14-6-16(10)2)11(13)15-12(8)17;1-8(6-2-3-6)7-4-5-7/h4-6H,3H2,1-2H3,(H2,13,15);6-7H,2-5H2,1H3. The van der Waals surface area contributed by atoms with E-state index < -0.39 is 0 Å². The van der Waals surface area contributed by atoms with Crippen LogP contribution in [0.3, 0.4) is 0 Å². The van der Waals surface area contributed by atoms with Gasteiger partial charge in [-0.2, -0.15) is 0 Å². The molecule has 2 saturated carbocycles. The predicted molar refractivity (Wildman–Crippen MR) is 103 cm³/mol. The smallest absolute Gasteiger partial charge is 0.166 e. The number of aldehydes is 1. The highest BCUT2D eigenvalue weighted by atomic mass is 16.1. The normalized spacial score (nSPS) is 16.9. The summed E-state index contributed by atoms with van der Waals surface area (Å²) in [5, 5.41) is 0.906. The van der Waals surface area contributed by atoms with Crippen LogP contribution in [0, 0.1) is 0 Å². The van der Waals surface area contributed by atoms with Crippen molar-refractivity contribution in [2.75, 3.05) is 12.8 Å². The van der Waals surface area contributed by atoms with Crippen LogP contribution in [0.2, 0.25) is 0 Å². The Balaban J connectivity index is 0.000000174. The van der Waals surface area contributed by atoms with Crippen molar-refractivity contribution >= 4 is 34.2 Å². The monoisotopic (exact) mass is 354 g/mol. The van der Waals surface area contributed by atoms with E-state index >= 15 is 0 Å². The largest absolute Gasteiger partial charge is 0.382 e. The number of anilines is 1. The van der Waals surface area contributed by atoms with E-state index in [4.69, 9.17) is 5.73 Å². The number of rotatable bonds is 4. The van der Waals surface area contributed by atoms with Crippen molar-refractivity contribution in [3.63, 3.8) is 0 Å². The Hall–Kier alpha value is -2.41. The van der Waals surface area contributed by atoms with E-state index in [0.717, 1.165) is 34.9 Å². The van der Waals surface area contributed by atoms with Crippen LogP contribution in [-0.4, -0.2) is 49.4 Å². The zero-order chi connectivity index (χ0) is 18.4. The number of nitrogens with two attached hydrogens (primary N) is 1. The third kappa shape index (κ3) is 2.86. The van der Waals surface area contributed by atoms with Crippen LogP contribution in [0.4, 0.5) is 5.82 Å². The van der Waals surface area contributed by atoms with Crippen LogP contribution in [0.5, 0.6) is 0 Å². The van der Waals surface area contributed by atoms with Gasteiger partial charge in [0.2, 0.25) is 0 Å². The van der Waals surface area contributed by atoms with Gasteiger partial charge in [-0.05, 0) is 45.7 Å². The molecule has 5 rings (SSSR count). The van der Waals surface area contributed by atoms with Gasteiger partial charge in [-0.25, -0.2) is 9.97 Å². The zero-order valence-electron chi connectivity index (χ0n) is 15.6. The highest BCUT2D eigenvalue weighted by Gasteiger charge is 2.35. The van der Waals surface area contributed by atoms with Gasteiger partial charge in [0.05, 0.1) is 17.5 Å². The number of nitrogens with zero attached hydrogens (tertiary/aromatic N) is 5. The molecule has 2 aliphatic rings. The van der Waals surface area contributed by atoms with Gasteiger partial charge in [0.1, 0.15) is 11.2 Å². The van der Waals surface area contributed by atoms with E-state index in [2.05, 4.69) is 21.9 Å². The van der Waals surface area contributed by atoms with Gasteiger partial charge in [-0.15, -0.1) is 0 Å². The molecule has 2 fully saturated rings. The van der Waals surface area contributed by atoms with Crippen LogP contribution in [0.15, 0.2) is 12.4 Å². The Morgan fingerprint density at radius 3 is 2.50 bits per heavy atom. The number of pyridine rings is 1. The zero-order valence-corrected chi connectivity index (χ0v) is 15.6. The molecule has 0 unspecified atom stereocenters. The van der Waals surface area contributed by atoms with Gasteiger partial charge in [0.15, 0.2) is 12.1 Å². The number of hydrogen-bond donors (Lipinski definition) is 1. The molecule has 0 radical (unpaired) electrons. The van der Waals surface area contributed by atoms with Gasteiger partial charge in [0.25, 0.3) is 0 Å². The van der Waals surface area contributed by atoms with E-state index in [1.54, 1.807) is 6.33 Å². The first-order valence-corrected chi connectivity index (χ1v) is 9.32. The third-order valence-electron chi connectivity index (χ3n) is 5.44. The summed E-state index contributed by atoms with van der Waals surface area (Å²) in [6.07, 6.45) is 8.40. The van der Waals surface area contributed by atoms with E-state index in [9.17, 15) is 4.79 Å². The lowest BCUT2D eigenvalue weighted by molar-refractivity contribution is 0.111. The second kappa shape index (κ2) is 6.39. The highest BCUT2D eigenvalue weighted by molar-refractivity contribution is 6.07. The molecule has 3 aromatic heterocycles. The molecule has 0 bridgehead atoms. The Morgan fingerprint density at radius 2 is 1.96 bits per heavy atom. The van der Waals surface area contributed by atoms with Gasteiger partial charge >= 0.3 is 0 Å². The number of carbonyl (C=O) groups is 1. The van der Waals surface area contributed by atoms with Crippen molar-refractivity contribution in [1.82, 2.24) is 24.0 Å². The Kier molecular flexibility index (Phi) is 4.19. The van der Waals surface area contributed by atoms with Crippen LogP contribution >= 0.6 is 0 Å². The molecule has 0 atom stereocenters. The maximum absolute atomic E-state index is 11.1. The first kappa shape index (κ1) is 17.0. The average molecular weight is 354 g/mol. The van der Waals surface area contributed by atoms with E-state index in [1.165, 1.54) is 25.7 Å². The van der Waals surface area contributed by atoms with Crippen molar-refractivity contribution < 1.29 is 4.79 Å². The summed E-state index contributed by atoms with van der Waals surface area (Å²) in [5.74, 6) is 0.392. The molecule has 0 aromatic carbocycles. The van der Waals surface area contributed by atoms with Crippen LogP contribution < -0.4 is 5.73 Å². The predicted octanol–water partition coefficient (Wildman–Crippen LogP) is 2.58. The molecule has 2 N–H and O–H groups in total. The summed E-state index contributed by atoms with van der Waals surface area (Å²) in [6.45, 7) is 2.64. The number of nitrogen functional groups attached to an aromatic ring is 1. The SMILES string of the molecule is CCn1c(C=O)cc2c3c(ncn3C)c(N)nc21.CN(C1CC1)C1CC1. The molecule has 138 valence electrons. The number of aromatic nitrogens is 4. The number of aryl methyl sites for hydroxylation is 2. The van der Waals surface area contributed by atoms with Crippen molar-refractivity contribution in [3.8, 4) is 0 Å². The van der Waals surface area contributed by atoms with Crippen molar-refractivity contribution in [1.29, 1.82) is 0 Å². The summed E-state index contributed by atoms with van der Waals surface area (Å²) in [7, 11) is 4.17. The first-order valence-electron chi connectivity index (χ1n) is 9.32. The molecule has 0 amide bonds. The minimum atomic E-state index is 0.392. The molecule has 7 nitrogen and oxygen atoms in total. The van der Waals surface area contributed by atoms with Crippen LogP contribution in [0.1, 0.15) is 43.1 Å². The molecule has 2 aliphatic carbocycles. The van der Waals surface area contributed by atoms with E-state index in [1.807, 2.05) is 29.2 Å². The molecular formula is C19H26N6O. The lowest BCUT2D eigenvalue weighted by atomic mass is 10.2. The van der Waals surface area contributed by atoms with Crippen LogP contribution in [-0.2, 0) is 13.6 Å². The number of fused-ring (bicyclic) bond motifs is 3. The maximum Gasteiger partial charge on any atom is 0.166 e. The third-order valence-corrected chi connectivity index (χ3v) is 5.44. The molecule has 0 spiro atoms. The lowest BCUT2D eigenvalue weighted by Gasteiger charge is -2.12. The fourth-order valence-electron chi connectivity index (χ4n) is 3.65. The lowest BCUT2D eigenvalue weighted by Crippen LogP contribution is -2.22. The minimum Gasteiger partial charge on any atom is -0.382 e. The molecule has 0 aliphatic heterocycles. The summed E-state index contributed by atoms with van der Waals surface area (Å²) in [4.78, 5) is 22.3. The quantitative estimate of drug-likeness (QED) is 0.728. The molecule has 7 heteroatoms. The summed E-state index contributed by atoms with van der Waals surface area (Å²) in [6, 6.07) is 3.81. The second-order valence-corrected chi connectivity index (χ2v) is 7.35. The van der Waals surface area contributed by atoms with Gasteiger partial charge in [-0.3, -0.25) is 4.79 Å². The Morgan fingerprint density at radius 1 is 1.31 bits per heavy atom. The van der Waals surface area contributed by atoms with E-state index in [0.29, 0.717) is 23.6 Å². The highest BCUT2D eigenvalue weighted by Crippen LogP contribution is 2.35. The van der Waals surface area contributed by atoms with Crippen molar-refractivity contribution in [2.24, 2.45) is 7.05 Å². The number of hydrogen-bond acceptors (Lipinski definition) is 5. The van der Waals surface area contributed by atoms with Gasteiger partial charge < -0.3 is 19.8 Å². The Bertz CT molecular complexity index is 952. The van der Waals surface area contributed by atoms with Crippen molar-refractivity contribution in [2.45, 2.75) is 51.2 Å². The average Bonchev–Trinajstić information content (AvgIpc) is 3.55. The fourth-order valence-corrected chi connectivity index (χ4v) is 3.65. The minimum absolute atomic E-state index is 0.392. The maximum atomic E-state index is 11.1. The first-order chi connectivity index (χ1) is 12.5. The molecule has 0 saturated heterocycles. The molecular weight excluding hydrogens is 328 g/mol. The van der Waals surface area contributed by atoms with Gasteiger partial charge in [-0.1, -0.05) is 0 Å². The summed E-state index contributed by atoms with van der Waals surface area (Å²) in [5.41, 5.74) is 8.84. The topological polar surface area (TPSA) is 82.0 Å². The molecule has 3 aromatic rings. The summed E-state index contributed by atoms with van der Waals surface area (Å²) >= 11 is 0. The molecule has 3 heterocycles. The molecule has 26 heavy (non-hydrogen) atoms. The van der Waals surface area contributed by atoms with Crippen molar-refractivity contribution in [3.05, 3.63) is 18.1 Å². The summed E-state index contributed by atoms with van der Waals surface area (Å²) < 4.78 is 3.75. The number of imidazole rings is 1. The fraction of sp³-hybridized carbons (Fsp3) is 0.526. The second-order valence-electron chi connectivity index (χ2n) is 7.35. The van der Waals surface area contributed by atoms with E-state index in [-0.39, 0.29) is 0 Å². The number of carbonyl (C=O) groups excluding carboxylic acids is 1. The van der Waals surface area contributed by atoms with Gasteiger partial charge in [0, 0.05) is 31.1 Å².